The lowest BCUT2D eigenvalue weighted by molar-refractivity contribution is -0.140. The van der Waals surface area contributed by atoms with Crippen molar-refractivity contribution in [3.63, 3.8) is 0 Å². The van der Waals surface area contributed by atoms with Crippen molar-refractivity contribution in [3.05, 3.63) is 48.3 Å². The summed E-state index contributed by atoms with van der Waals surface area (Å²) in [6.45, 7) is 4.55. The second kappa shape index (κ2) is 6.96. The van der Waals surface area contributed by atoms with Crippen molar-refractivity contribution >= 4 is 5.91 Å². The highest BCUT2D eigenvalue weighted by molar-refractivity contribution is 5.77. The molecule has 0 unspecified atom stereocenters. The SMILES string of the molecule is O=C1CC[C@]2(CCCN(Cc3ncc[nH]3)C2)CN1Cc1cccnc1. The van der Waals surface area contributed by atoms with E-state index in [2.05, 4.69) is 19.9 Å². The molecule has 1 N–H and O–H groups in total. The van der Waals surface area contributed by atoms with Gasteiger partial charge >= 0.3 is 0 Å². The highest BCUT2D eigenvalue weighted by atomic mass is 16.2. The molecule has 25 heavy (non-hydrogen) atoms. The predicted molar refractivity (Wildman–Crippen MR) is 94.4 cm³/mol. The fourth-order valence-electron chi connectivity index (χ4n) is 4.33. The lowest BCUT2D eigenvalue weighted by Crippen LogP contribution is -2.53. The van der Waals surface area contributed by atoms with Crippen molar-refractivity contribution in [2.45, 2.75) is 38.8 Å². The topological polar surface area (TPSA) is 65.1 Å². The van der Waals surface area contributed by atoms with E-state index < -0.39 is 0 Å². The van der Waals surface area contributed by atoms with Gasteiger partial charge in [-0.15, -0.1) is 0 Å². The van der Waals surface area contributed by atoms with Crippen LogP contribution in [0.25, 0.3) is 0 Å². The van der Waals surface area contributed by atoms with Gasteiger partial charge in [0.05, 0.1) is 6.54 Å². The molecular formula is C19H25N5O. The maximum atomic E-state index is 12.4. The van der Waals surface area contributed by atoms with Crippen LogP contribution in [0.5, 0.6) is 0 Å². The number of pyridine rings is 1. The van der Waals surface area contributed by atoms with Crippen molar-refractivity contribution < 1.29 is 4.79 Å². The normalized spacial score (nSPS) is 24.8. The summed E-state index contributed by atoms with van der Waals surface area (Å²) in [4.78, 5) is 28.7. The molecule has 2 saturated heterocycles. The van der Waals surface area contributed by atoms with E-state index in [0.29, 0.717) is 13.0 Å². The van der Waals surface area contributed by atoms with Crippen molar-refractivity contribution in [2.24, 2.45) is 5.41 Å². The van der Waals surface area contributed by atoms with E-state index in [9.17, 15) is 4.79 Å². The number of H-pyrrole nitrogens is 1. The Balaban J connectivity index is 1.44. The zero-order valence-corrected chi connectivity index (χ0v) is 14.5. The van der Waals surface area contributed by atoms with Crippen LogP contribution < -0.4 is 0 Å². The molecule has 1 spiro atoms. The summed E-state index contributed by atoms with van der Waals surface area (Å²) in [5, 5.41) is 0. The largest absolute Gasteiger partial charge is 0.348 e. The number of aromatic nitrogens is 3. The third-order valence-electron chi connectivity index (χ3n) is 5.51. The molecule has 1 amide bonds. The van der Waals surface area contributed by atoms with Crippen LogP contribution in [0.1, 0.15) is 37.1 Å². The van der Waals surface area contributed by atoms with Crippen molar-refractivity contribution in [3.8, 4) is 0 Å². The second-order valence-electron chi connectivity index (χ2n) is 7.46. The lowest BCUT2D eigenvalue weighted by Gasteiger charge is -2.48. The summed E-state index contributed by atoms with van der Waals surface area (Å²) in [6, 6.07) is 3.98. The molecule has 6 heteroatoms. The molecule has 0 saturated carbocycles. The first-order valence-electron chi connectivity index (χ1n) is 9.10. The van der Waals surface area contributed by atoms with Crippen LogP contribution in [0.4, 0.5) is 0 Å². The van der Waals surface area contributed by atoms with Gasteiger partial charge in [-0.3, -0.25) is 14.7 Å². The number of carbonyl (C=O) groups is 1. The first kappa shape index (κ1) is 16.3. The monoisotopic (exact) mass is 339 g/mol. The predicted octanol–water partition coefficient (Wildman–Crippen LogP) is 2.21. The van der Waals surface area contributed by atoms with Gasteiger partial charge in [-0.1, -0.05) is 6.07 Å². The Kier molecular flexibility index (Phi) is 4.53. The summed E-state index contributed by atoms with van der Waals surface area (Å²) in [5.74, 6) is 1.30. The van der Waals surface area contributed by atoms with Crippen LogP contribution in [-0.4, -0.2) is 50.3 Å². The molecule has 2 aliphatic rings. The summed E-state index contributed by atoms with van der Waals surface area (Å²) < 4.78 is 0. The smallest absolute Gasteiger partial charge is 0.222 e. The summed E-state index contributed by atoms with van der Waals surface area (Å²) in [5.41, 5.74) is 1.33. The van der Waals surface area contributed by atoms with E-state index in [1.165, 1.54) is 12.8 Å². The van der Waals surface area contributed by atoms with Crippen LogP contribution in [0.15, 0.2) is 36.9 Å². The van der Waals surface area contributed by atoms with Gasteiger partial charge in [0.15, 0.2) is 0 Å². The Morgan fingerprint density at radius 3 is 2.96 bits per heavy atom. The number of likely N-dealkylation sites (tertiary alicyclic amines) is 2. The summed E-state index contributed by atoms with van der Waals surface area (Å²) in [7, 11) is 0. The highest BCUT2D eigenvalue weighted by Crippen LogP contribution is 2.39. The standard InChI is InChI=1S/C19H25N5O/c25-18-4-6-19(15-24(18)12-16-3-1-7-20-11-16)5-2-10-23(14-19)13-17-21-8-9-22-17/h1,3,7-9,11H,2,4-6,10,12-15H2,(H,21,22)/t19-/m0/s1. The maximum Gasteiger partial charge on any atom is 0.222 e. The number of imidazole rings is 1. The molecule has 2 aromatic heterocycles. The third-order valence-corrected chi connectivity index (χ3v) is 5.51. The average molecular weight is 339 g/mol. The van der Waals surface area contributed by atoms with Crippen LogP contribution >= 0.6 is 0 Å². The lowest BCUT2D eigenvalue weighted by atomic mass is 9.73. The van der Waals surface area contributed by atoms with E-state index in [-0.39, 0.29) is 11.3 Å². The van der Waals surface area contributed by atoms with Crippen molar-refractivity contribution in [1.29, 1.82) is 0 Å². The first-order chi connectivity index (χ1) is 12.2. The molecule has 132 valence electrons. The number of piperidine rings is 2. The molecule has 0 radical (unpaired) electrons. The van der Waals surface area contributed by atoms with E-state index in [4.69, 9.17) is 0 Å². The molecule has 0 aliphatic carbocycles. The van der Waals surface area contributed by atoms with Crippen molar-refractivity contribution in [1.82, 2.24) is 24.8 Å². The van der Waals surface area contributed by atoms with Crippen LogP contribution in [0.2, 0.25) is 0 Å². The van der Waals surface area contributed by atoms with E-state index in [1.807, 2.05) is 35.6 Å². The minimum atomic E-state index is 0.223. The molecule has 2 aliphatic heterocycles. The number of carbonyl (C=O) groups excluding carboxylic acids is 1. The van der Waals surface area contributed by atoms with Crippen LogP contribution in [0, 0.1) is 5.41 Å². The molecule has 2 aromatic rings. The summed E-state index contributed by atoms with van der Waals surface area (Å²) >= 11 is 0. The van der Waals surface area contributed by atoms with E-state index in [0.717, 1.165) is 44.0 Å². The number of nitrogens with one attached hydrogen (secondary N) is 1. The number of nitrogens with zero attached hydrogens (tertiary/aromatic N) is 4. The Labute approximate surface area is 148 Å². The Hall–Kier alpha value is -2.21. The maximum absolute atomic E-state index is 12.4. The van der Waals surface area contributed by atoms with Gasteiger partial charge in [-0.05, 0) is 37.4 Å². The average Bonchev–Trinajstić information content (AvgIpc) is 3.13. The van der Waals surface area contributed by atoms with Gasteiger partial charge in [-0.25, -0.2) is 4.98 Å². The molecule has 1 atom stereocenters. The van der Waals surface area contributed by atoms with Gasteiger partial charge < -0.3 is 9.88 Å². The zero-order chi connectivity index (χ0) is 17.1. The number of aromatic amines is 1. The minimum Gasteiger partial charge on any atom is -0.348 e. The quantitative estimate of drug-likeness (QED) is 0.927. The molecule has 4 rings (SSSR count). The fraction of sp³-hybridized carbons (Fsp3) is 0.526. The number of amides is 1. The third kappa shape index (κ3) is 3.74. The molecule has 4 heterocycles. The number of hydrogen-bond acceptors (Lipinski definition) is 4. The Morgan fingerprint density at radius 2 is 2.16 bits per heavy atom. The minimum absolute atomic E-state index is 0.223. The van der Waals surface area contributed by atoms with Gasteiger partial charge in [0, 0.05) is 56.3 Å². The van der Waals surface area contributed by atoms with Gasteiger partial charge in [0.25, 0.3) is 0 Å². The Bertz CT molecular complexity index is 702. The molecule has 6 nitrogen and oxygen atoms in total. The fourth-order valence-corrected chi connectivity index (χ4v) is 4.33. The summed E-state index contributed by atoms with van der Waals surface area (Å²) in [6.07, 6.45) is 11.4. The molecule has 2 fully saturated rings. The van der Waals surface area contributed by atoms with E-state index in [1.54, 1.807) is 6.20 Å². The van der Waals surface area contributed by atoms with Crippen molar-refractivity contribution in [2.75, 3.05) is 19.6 Å². The molecular weight excluding hydrogens is 314 g/mol. The van der Waals surface area contributed by atoms with Crippen LogP contribution in [0.3, 0.4) is 0 Å². The van der Waals surface area contributed by atoms with E-state index >= 15 is 0 Å². The van der Waals surface area contributed by atoms with Crippen LogP contribution in [-0.2, 0) is 17.9 Å². The Morgan fingerprint density at radius 1 is 1.20 bits per heavy atom. The zero-order valence-electron chi connectivity index (χ0n) is 14.5. The first-order valence-corrected chi connectivity index (χ1v) is 9.10. The molecule has 0 bridgehead atoms. The van der Waals surface area contributed by atoms with Gasteiger partial charge in [-0.2, -0.15) is 0 Å². The second-order valence-corrected chi connectivity index (χ2v) is 7.46. The highest BCUT2D eigenvalue weighted by Gasteiger charge is 2.41. The molecule has 0 aromatic carbocycles. The van der Waals surface area contributed by atoms with Gasteiger partial charge in [0.2, 0.25) is 5.91 Å². The number of rotatable bonds is 4. The van der Waals surface area contributed by atoms with Gasteiger partial charge in [0.1, 0.15) is 5.82 Å². The number of hydrogen-bond donors (Lipinski definition) is 1.